The van der Waals surface area contributed by atoms with Crippen molar-refractivity contribution in [1.82, 2.24) is 20.4 Å². The molecule has 3 atom stereocenters. The van der Waals surface area contributed by atoms with Gasteiger partial charge < -0.3 is 9.84 Å². The van der Waals surface area contributed by atoms with E-state index in [1.165, 1.54) is 37.7 Å². The first-order chi connectivity index (χ1) is 15.7. The molecule has 3 heterocycles. The molecule has 4 fully saturated rings. The number of hydrogen-bond donors (Lipinski definition) is 1. The van der Waals surface area contributed by atoms with Crippen LogP contribution in [0.25, 0.3) is 0 Å². The van der Waals surface area contributed by atoms with Gasteiger partial charge in [0.15, 0.2) is 5.82 Å². The molecule has 1 N–H and O–H groups in total. The summed E-state index contributed by atoms with van der Waals surface area (Å²) >= 11 is 0. The lowest BCUT2D eigenvalue weighted by atomic mass is 9.85. The minimum Gasteiger partial charge on any atom is -0.349 e. The van der Waals surface area contributed by atoms with Crippen LogP contribution in [0, 0.1) is 5.92 Å². The van der Waals surface area contributed by atoms with E-state index >= 15 is 0 Å². The molecule has 6 heteroatoms. The van der Waals surface area contributed by atoms with Crippen molar-refractivity contribution in [2.75, 3.05) is 6.54 Å². The van der Waals surface area contributed by atoms with E-state index in [0.717, 1.165) is 50.4 Å². The van der Waals surface area contributed by atoms with E-state index in [0.29, 0.717) is 23.9 Å². The van der Waals surface area contributed by atoms with Gasteiger partial charge in [-0.3, -0.25) is 9.69 Å². The van der Waals surface area contributed by atoms with Crippen LogP contribution in [0.2, 0.25) is 0 Å². The number of carbonyl (C=O) groups is 1. The highest BCUT2D eigenvalue weighted by molar-refractivity contribution is 5.81. The van der Waals surface area contributed by atoms with Crippen molar-refractivity contribution < 1.29 is 9.32 Å². The molecule has 6 nitrogen and oxygen atoms in total. The molecule has 0 radical (unpaired) electrons. The Hall–Kier alpha value is -2.21. The average Bonchev–Trinajstić information content (AvgIpc) is 3.48. The van der Waals surface area contributed by atoms with E-state index in [2.05, 4.69) is 39.6 Å². The normalized spacial score (nSPS) is 28.9. The Balaban J connectivity index is 1.09. The molecule has 0 spiro atoms. The van der Waals surface area contributed by atoms with E-state index in [-0.39, 0.29) is 17.9 Å². The molecule has 4 aliphatic rings. The van der Waals surface area contributed by atoms with Crippen molar-refractivity contribution >= 4 is 5.91 Å². The molecule has 2 aromatic rings. The van der Waals surface area contributed by atoms with Crippen LogP contribution in [0.3, 0.4) is 0 Å². The minimum atomic E-state index is 0.101. The number of rotatable bonds is 8. The van der Waals surface area contributed by atoms with Gasteiger partial charge in [-0.2, -0.15) is 4.98 Å². The quantitative estimate of drug-likeness (QED) is 0.652. The molecular weight excluding hydrogens is 400 g/mol. The molecule has 1 aromatic heterocycles. The summed E-state index contributed by atoms with van der Waals surface area (Å²) in [5.41, 5.74) is 1.22. The second-order valence-corrected chi connectivity index (χ2v) is 10.4. The highest BCUT2D eigenvalue weighted by Crippen LogP contribution is 2.43. The minimum absolute atomic E-state index is 0.101. The van der Waals surface area contributed by atoms with Gasteiger partial charge in [-0.1, -0.05) is 41.9 Å². The molecule has 0 unspecified atom stereocenters. The number of aromatic nitrogens is 2. The van der Waals surface area contributed by atoms with E-state index < -0.39 is 0 Å². The first-order valence-electron chi connectivity index (χ1n) is 12.7. The summed E-state index contributed by atoms with van der Waals surface area (Å²) < 4.78 is 5.61. The van der Waals surface area contributed by atoms with Gasteiger partial charge in [0.2, 0.25) is 11.8 Å². The van der Waals surface area contributed by atoms with Crippen LogP contribution in [0.15, 0.2) is 34.9 Å². The van der Waals surface area contributed by atoms with Gasteiger partial charge in [0.1, 0.15) is 0 Å². The largest absolute Gasteiger partial charge is 0.349 e. The topological polar surface area (TPSA) is 71.3 Å². The maximum Gasteiger partial charge on any atom is 0.229 e. The number of hydrogen-bond acceptors (Lipinski definition) is 5. The van der Waals surface area contributed by atoms with Gasteiger partial charge in [-0.25, -0.2) is 0 Å². The van der Waals surface area contributed by atoms with Crippen LogP contribution in [0.1, 0.15) is 99.4 Å². The molecule has 2 saturated carbocycles. The Labute approximate surface area is 190 Å². The van der Waals surface area contributed by atoms with Crippen molar-refractivity contribution in [3.8, 4) is 0 Å². The van der Waals surface area contributed by atoms with E-state index in [1.807, 2.05) is 6.07 Å². The van der Waals surface area contributed by atoms with E-state index in [1.54, 1.807) is 0 Å². The van der Waals surface area contributed by atoms with E-state index in [9.17, 15) is 4.79 Å². The second-order valence-electron chi connectivity index (χ2n) is 10.4. The number of benzene rings is 1. The molecule has 1 amide bonds. The Morgan fingerprint density at radius 1 is 1.03 bits per heavy atom. The molecule has 2 bridgehead atoms. The van der Waals surface area contributed by atoms with Crippen LogP contribution in [-0.4, -0.2) is 39.6 Å². The van der Waals surface area contributed by atoms with Crippen molar-refractivity contribution in [2.24, 2.45) is 5.92 Å². The number of nitrogens with one attached hydrogen (secondary N) is 1. The third-order valence-electron chi connectivity index (χ3n) is 8.30. The average molecular weight is 435 g/mol. The summed E-state index contributed by atoms with van der Waals surface area (Å²) in [5.74, 6) is 3.24. The standard InChI is InChI=1S/C26H34N4O2/c31-25(18-9-10-18)27-23(17-5-2-1-3-6-17)13-14-30-21-11-12-22(30)16-20(15-21)24-28-26(32-29-24)19-7-4-8-19/h1-3,5-6,18-23H,4,7-16H2,(H,27,31)/t21-,22-,23+/m0/s1. The van der Waals surface area contributed by atoms with Crippen molar-refractivity contribution in [2.45, 2.75) is 94.2 Å². The van der Waals surface area contributed by atoms with Gasteiger partial charge in [0.05, 0.1) is 6.04 Å². The Bertz CT molecular complexity index is 922. The van der Waals surface area contributed by atoms with Crippen LogP contribution in [0.5, 0.6) is 0 Å². The van der Waals surface area contributed by atoms with Crippen molar-refractivity contribution in [1.29, 1.82) is 0 Å². The molecule has 2 aliphatic carbocycles. The molecule has 170 valence electrons. The lowest BCUT2D eigenvalue weighted by Gasteiger charge is -2.38. The third-order valence-corrected chi connectivity index (χ3v) is 8.30. The zero-order chi connectivity index (χ0) is 21.5. The summed E-state index contributed by atoms with van der Waals surface area (Å²) in [6, 6.07) is 11.8. The molecule has 32 heavy (non-hydrogen) atoms. The van der Waals surface area contributed by atoms with Gasteiger partial charge in [-0.05, 0) is 63.4 Å². The first-order valence-corrected chi connectivity index (χ1v) is 12.7. The molecule has 6 rings (SSSR count). The lowest BCUT2D eigenvalue weighted by Crippen LogP contribution is -2.44. The van der Waals surface area contributed by atoms with Gasteiger partial charge in [-0.15, -0.1) is 0 Å². The number of fused-ring (bicyclic) bond motifs is 2. The summed E-state index contributed by atoms with van der Waals surface area (Å²) in [6.07, 6.45) is 11.5. The van der Waals surface area contributed by atoms with Crippen LogP contribution < -0.4 is 5.32 Å². The van der Waals surface area contributed by atoms with Crippen molar-refractivity contribution in [3.63, 3.8) is 0 Å². The highest BCUT2D eigenvalue weighted by Gasteiger charge is 2.43. The predicted octanol–water partition coefficient (Wildman–Crippen LogP) is 4.71. The Morgan fingerprint density at radius 2 is 1.78 bits per heavy atom. The second kappa shape index (κ2) is 8.62. The van der Waals surface area contributed by atoms with Crippen LogP contribution >= 0.6 is 0 Å². The number of amides is 1. The maximum absolute atomic E-state index is 12.5. The number of piperidine rings is 1. The zero-order valence-electron chi connectivity index (χ0n) is 18.8. The van der Waals surface area contributed by atoms with Gasteiger partial charge >= 0.3 is 0 Å². The third kappa shape index (κ3) is 4.09. The Kier molecular flexibility index (Phi) is 5.49. The maximum atomic E-state index is 12.5. The number of carbonyl (C=O) groups excluding carboxylic acids is 1. The summed E-state index contributed by atoms with van der Waals surface area (Å²) in [6.45, 7) is 1.03. The zero-order valence-corrected chi connectivity index (χ0v) is 18.8. The summed E-state index contributed by atoms with van der Waals surface area (Å²) in [7, 11) is 0. The summed E-state index contributed by atoms with van der Waals surface area (Å²) in [4.78, 5) is 20.0. The van der Waals surface area contributed by atoms with E-state index in [4.69, 9.17) is 9.51 Å². The molecule has 1 aromatic carbocycles. The molecule has 2 aliphatic heterocycles. The van der Waals surface area contributed by atoms with Crippen molar-refractivity contribution in [3.05, 3.63) is 47.6 Å². The fraction of sp³-hybridized carbons (Fsp3) is 0.654. The fourth-order valence-electron chi connectivity index (χ4n) is 6.00. The Morgan fingerprint density at radius 3 is 2.44 bits per heavy atom. The van der Waals surface area contributed by atoms with Gasteiger partial charge in [0, 0.05) is 36.4 Å². The van der Waals surface area contributed by atoms with Crippen LogP contribution in [-0.2, 0) is 4.79 Å². The predicted molar refractivity (Wildman–Crippen MR) is 121 cm³/mol. The molecular formula is C26H34N4O2. The molecule has 2 saturated heterocycles. The SMILES string of the molecule is O=C(N[C@H](CCN1[C@H]2CC[C@H]1CC(c1noc(C3CCC3)n1)C2)c1ccccc1)C1CC1. The van der Waals surface area contributed by atoms with Gasteiger partial charge in [0.25, 0.3) is 0 Å². The first kappa shape index (κ1) is 20.4. The number of nitrogens with zero attached hydrogens (tertiary/aromatic N) is 3. The summed E-state index contributed by atoms with van der Waals surface area (Å²) in [5, 5.41) is 7.73. The monoisotopic (exact) mass is 434 g/mol. The smallest absolute Gasteiger partial charge is 0.229 e. The lowest BCUT2D eigenvalue weighted by molar-refractivity contribution is -0.123. The highest BCUT2D eigenvalue weighted by atomic mass is 16.5. The van der Waals surface area contributed by atoms with Crippen LogP contribution in [0.4, 0.5) is 0 Å². The fourth-order valence-corrected chi connectivity index (χ4v) is 6.00.